The highest BCUT2D eigenvalue weighted by Crippen LogP contribution is 2.22. The van der Waals surface area contributed by atoms with E-state index >= 15 is 0 Å². The van der Waals surface area contributed by atoms with Crippen molar-refractivity contribution in [1.82, 2.24) is 4.98 Å². The molecule has 1 aromatic heterocycles. The molecule has 0 saturated heterocycles. The number of rotatable bonds is 4. The summed E-state index contributed by atoms with van der Waals surface area (Å²) in [6, 6.07) is 3.73. The minimum atomic E-state index is -3.35. The van der Waals surface area contributed by atoms with Gasteiger partial charge in [-0.1, -0.05) is 0 Å². The second-order valence-electron chi connectivity index (χ2n) is 4.51. The Bertz CT molecular complexity index is 739. The summed E-state index contributed by atoms with van der Waals surface area (Å²) in [6.07, 6.45) is 1.10. The minimum absolute atomic E-state index is 0.0959. The van der Waals surface area contributed by atoms with E-state index < -0.39 is 15.7 Å². The summed E-state index contributed by atoms with van der Waals surface area (Å²) >= 11 is 1.53. The van der Waals surface area contributed by atoms with Crippen LogP contribution in [-0.2, 0) is 16.4 Å². The maximum absolute atomic E-state index is 13.7. The van der Waals surface area contributed by atoms with Crippen LogP contribution in [0.4, 0.5) is 10.1 Å². The highest BCUT2D eigenvalue weighted by molar-refractivity contribution is 7.90. The van der Waals surface area contributed by atoms with E-state index in [1.807, 2.05) is 13.8 Å². The van der Waals surface area contributed by atoms with E-state index in [2.05, 4.69) is 10.3 Å². The fourth-order valence-corrected chi connectivity index (χ4v) is 3.31. The Balaban J connectivity index is 2.23. The standard InChI is InChI=1S/C13H15FN2O2S2/c1-8-13(19-9(2)16-8)7-15-12-6-10(20(3,17)18)4-5-11(12)14/h4-6,15H,7H2,1-3H3. The molecule has 0 spiro atoms. The van der Waals surface area contributed by atoms with Gasteiger partial charge in [0.1, 0.15) is 5.82 Å². The zero-order valence-corrected chi connectivity index (χ0v) is 13.0. The number of hydrogen-bond acceptors (Lipinski definition) is 5. The molecule has 0 atom stereocenters. The number of aromatic nitrogens is 1. The van der Waals surface area contributed by atoms with Crippen molar-refractivity contribution < 1.29 is 12.8 Å². The smallest absolute Gasteiger partial charge is 0.175 e. The molecule has 4 nitrogen and oxygen atoms in total. The van der Waals surface area contributed by atoms with Crippen LogP contribution >= 0.6 is 11.3 Å². The highest BCUT2D eigenvalue weighted by Gasteiger charge is 2.12. The largest absolute Gasteiger partial charge is 0.378 e. The Morgan fingerprint density at radius 2 is 2.05 bits per heavy atom. The third-order valence-electron chi connectivity index (χ3n) is 2.80. The SMILES string of the molecule is Cc1nc(C)c(CNc2cc(S(C)(=O)=O)ccc2F)s1. The summed E-state index contributed by atoms with van der Waals surface area (Å²) in [5.41, 5.74) is 1.08. The van der Waals surface area contributed by atoms with Crippen molar-refractivity contribution in [2.24, 2.45) is 0 Å². The van der Waals surface area contributed by atoms with Gasteiger partial charge in [-0.25, -0.2) is 17.8 Å². The van der Waals surface area contributed by atoms with Crippen LogP contribution in [0.2, 0.25) is 0 Å². The van der Waals surface area contributed by atoms with E-state index in [1.165, 1.54) is 23.5 Å². The number of nitrogens with zero attached hydrogens (tertiary/aromatic N) is 1. The fraction of sp³-hybridized carbons (Fsp3) is 0.308. The third-order valence-corrected chi connectivity index (χ3v) is 4.99. The number of hydrogen-bond donors (Lipinski definition) is 1. The maximum atomic E-state index is 13.7. The number of sulfone groups is 1. The number of halogens is 1. The van der Waals surface area contributed by atoms with E-state index in [1.54, 1.807) is 0 Å². The Morgan fingerprint density at radius 1 is 1.35 bits per heavy atom. The first-order valence-electron chi connectivity index (χ1n) is 5.94. The first-order chi connectivity index (χ1) is 9.27. The number of anilines is 1. The molecule has 1 heterocycles. The van der Waals surface area contributed by atoms with E-state index in [0.29, 0.717) is 6.54 Å². The molecule has 0 unspecified atom stereocenters. The van der Waals surface area contributed by atoms with Crippen LogP contribution in [0.15, 0.2) is 23.1 Å². The monoisotopic (exact) mass is 314 g/mol. The highest BCUT2D eigenvalue weighted by atomic mass is 32.2. The number of aryl methyl sites for hydroxylation is 2. The van der Waals surface area contributed by atoms with Crippen molar-refractivity contribution in [3.8, 4) is 0 Å². The molecule has 2 aromatic rings. The predicted octanol–water partition coefficient (Wildman–Crippen LogP) is 2.91. The van der Waals surface area contributed by atoms with Gasteiger partial charge in [0.25, 0.3) is 0 Å². The molecule has 1 N–H and O–H groups in total. The summed E-state index contributed by atoms with van der Waals surface area (Å²) in [5.74, 6) is -0.476. The molecule has 0 radical (unpaired) electrons. The van der Waals surface area contributed by atoms with Crippen molar-refractivity contribution in [3.05, 3.63) is 39.6 Å². The lowest BCUT2D eigenvalue weighted by Gasteiger charge is -2.08. The van der Waals surface area contributed by atoms with Gasteiger partial charge in [-0.2, -0.15) is 0 Å². The maximum Gasteiger partial charge on any atom is 0.175 e. The second-order valence-corrected chi connectivity index (χ2v) is 7.81. The molecule has 7 heteroatoms. The first kappa shape index (κ1) is 14.9. The molecule has 1 aromatic carbocycles. The summed E-state index contributed by atoms with van der Waals surface area (Å²) in [5, 5.41) is 3.88. The molecular formula is C13H15FN2O2S2. The Labute approximate surface area is 121 Å². The lowest BCUT2D eigenvalue weighted by atomic mass is 10.3. The lowest BCUT2D eigenvalue weighted by Crippen LogP contribution is -2.04. The van der Waals surface area contributed by atoms with Crippen LogP contribution in [0.1, 0.15) is 15.6 Å². The van der Waals surface area contributed by atoms with Crippen LogP contribution in [0.25, 0.3) is 0 Å². The van der Waals surface area contributed by atoms with Gasteiger partial charge in [-0.3, -0.25) is 0 Å². The van der Waals surface area contributed by atoms with Gasteiger partial charge in [-0.15, -0.1) is 11.3 Å². The topological polar surface area (TPSA) is 59.1 Å². The molecule has 0 aliphatic carbocycles. The van der Waals surface area contributed by atoms with Crippen LogP contribution < -0.4 is 5.32 Å². The molecule has 0 aliphatic heterocycles. The van der Waals surface area contributed by atoms with Crippen molar-refractivity contribution in [2.45, 2.75) is 25.3 Å². The predicted molar refractivity (Wildman–Crippen MR) is 78.4 cm³/mol. The fourth-order valence-electron chi connectivity index (χ4n) is 1.78. The summed E-state index contributed by atoms with van der Waals surface area (Å²) in [6.45, 7) is 4.22. The third kappa shape index (κ3) is 3.34. The van der Waals surface area contributed by atoms with Crippen LogP contribution in [-0.4, -0.2) is 19.7 Å². The van der Waals surface area contributed by atoms with Crippen molar-refractivity contribution >= 4 is 26.9 Å². The zero-order chi connectivity index (χ0) is 14.9. The van der Waals surface area contributed by atoms with E-state index in [0.717, 1.165) is 27.9 Å². The number of nitrogens with one attached hydrogen (secondary N) is 1. The van der Waals surface area contributed by atoms with Gasteiger partial charge in [0.15, 0.2) is 9.84 Å². The van der Waals surface area contributed by atoms with Crippen LogP contribution in [0, 0.1) is 19.7 Å². The molecule has 0 amide bonds. The molecule has 2 rings (SSSR count). The summed E-state index contributed by atoms with van der Waals surface area (Å²) in [7, 11) is -3.35. The van der Waals surface area contributed by atoms with Gasteiger partial charge in [0, 0.05) is 11.1 Å². The van der Waals surface area contributed by atoms with E-state index in [-0.39, 0.29) is 10.6 Å². The van der Waals surface area contributed by atoms with Gasteiger partial charge >= 0.3 is 0 Å². The quantitative estimate of drug-likeness (QED) is 0.882. The number of benzene rings is 1. The zero-order valence-electron chi connectivity index (χ0n) is 11.4. The Kier molecular flexibility index (Phi) is 4.10. The van der Waals surface area contributed by atoms with Gasteiger partial charge < -0.3 is 5.32 Å². The minimum Gasteiger partial charge on any atom is -0.378 e. The van der Waals surface area contributed by atoms with Crippen LogP contribution in [0.3, 0.4) is 0 Å². The second kappa shape index (κ2) is 5.49. The lowest BCUT2D eigenvalue weighted by molar-refractivity contribution is 0.600. The van der Waals surface area contributed by atoms with Crippen LogP contribution in [0.5, 0.6) is 0 Å². The summed E-state index contributed by atoms with van der Waals surface area (Å²) in [4.78, 5) is 5.39. The molecule has 0 bridgehead atoms. The molecule has 0 aliphatic rings. The number of thiazole rings is 1. The van der Waals surface area contributed by atoms with Gasteiger partial charge in [-0.05, 0) is 32.0 Å². The Hall–Kier alpha value is -1.47. The van der Waals surface area contributed by atoms with E-state index in [4.69, 9.17) is 0 Å². The first-order valence-corrected chi connectivity index (χ1v) is 8.64. The molecular weight excluding hydrogens is 299 g/mol. The molecule has 0 saturated carbocycles. The molecule has 108 valence electrons. The van der Waals surface area contributed by atoms with E-state index in [9.17, 15) is 12.8 Å². The van der Waals surface area contributed by atoms with Crippen molar-refractivity contribution in [1.29, 1.82) is 0 Å². The average Bonchev–Trinajstić information content (AvgIpc) is 2.65. The molecule has 0 fully saturated rings. The Morgan fingerprint density at radius 3 is 2.60 bits per heavy atom. The van der Waals surface area contributed by atoms with Gasteiger partial charge in [0.05, 0.1) is 27.8 Å². The summed E-state index contributed by atoms with van der Waals surface area (Å²) < 4.78 is 36.6. The van der Waals surface area contributed by atoms with Crippen molar-refractivity contribution in [2.75, 3.05) is 11.6 Å². The molecule has 20 heavy (non-hydrogen) atoms. The van der Waals surface area contributed by atoms with Crippen molar-refractivity contribution in [3.63, 3.8) is 0 Å². The van der Waals surface area contributed by atoms with Gasteiger partial charge in [0.2, 0.25) is 0 Å². The normalized spacial score (nSPS) is 11.6. The average molecular weight is 314 g/mol.